The summed E-state index contributed by atoms with van der Waals surface area (Å²) in [6.07, 6.45) is 5.42. The fraction of sp³-hybridized carbons (Fsp3) is 0.227. The number of hydrogen-bond donors (Lipinski definition) is 1. The Morgan fingerprint density at radius 3 is 2.70 bits per heavy atom. The zero-order valence-corrected chi connectivity index (χ0v) is 15.2. The van der Waals surface area contributed by atoms with E-state index < -0.39 is 0 Å². The third-order valence-electron chi connectivity index (χ3n) is 4.79. The van der Waals surface area contributed by atoms with E-state index in [4.69, 9.17) is 0 Å². The summed E-state index contributed by atoms with van der Waals surface area (Å²) >= 11 is 0. The largest absolute Gasteiger partial charge is 0.331 e. The van der Waals surface area contributed by atoms with E-state index in [1.165, 1.54) is 0 Å². The van der Waals surface area contributed by atoms with Gasteiger partial charge in [0, 0.05) is 30.7 Å². The second kappa shape index (κ2) is 7.19. The maximum Gasteiger partial charge on any atom is 0.261 e. The van der Waals surface area contributed by atoms with Crippen LogP contribution in [0.3, 0.4) is 0 Å². The van der Waals surface area contributed by atoms with Crippen molar-refractivity contribution in [3.63, 3.8) is 0 Å². The molecule has 0 radical (unpaired) electrons. The number of amides is 1. The van der Waals surface area contributed by atoms with Gasteiger partial charge in [0.15, 0.2) is 0 Å². The molecule has 4 rings (SSSR count). The molecule has 1 aliphatic carbocycles. The summed E-state index contributed by atoms with van der Waals surface area (Å²) in [5.41, 5.74) is 3.56. The van der Waals surface area contributed by atoms with Crippen molar-refractivity contribution < 1.29 is 4.79 Å². The molecule has 1 fully saturated rings. The van der Waals surface area contributed by atoms with Crippen LogP contribution in [0.5, 0.6) is 0 Å². The summed E-state index contributed by atoms with van der Waals surface area (Å²) in [4.78, 5) is 34.4. The second-order valence-electron chi connectivity index (χ2n) is 7.01. The van der Waals surface area contributed by atoms with Gasteiger partial charge >= 0.3 is 0 Å². The van der Waals surface area contributed by atoms with Gasteiger partial charge in [-0.3, -0.25) is 14.6 Å². The number of aromatic amines is 1. The van der Waals surface area contributed by atoms with Crippen LogP contribution in [-0.4, -0.2) is 26.8 Å². The minimum Gasteiger partial charge on any atom is -0.331 e. The summed E-state index contributed by atoms with van der Waals surface area (Å²) in [7, 11) is 0. The summed E-state index contributed by atoms with van der Waals surface area (Å²) in [6, 6.07) is 15.3. The van der Waals surface area contributed by atoms with E-state index >= 15 is 0 Å². The van der Waals surface area contributed by atoms with Gasteiger partial charge in [0.2, 0.25) is 0 Å². The Bertz CT molecular complexity index is 1020. The average Bonchev–Trinajstić information content (AvgIpc) is 3.51. The molecule has 1 aromatic carbocycles. The third kappa shape index (κ3) is 3.82. The molecule has 2 aromatic heterocycles. The lowest BCUT2D eigenvalue weighted by atomic mass is 10.1. The molecule has 5 nitrogen and oxygen atoms in total. The Labute approximate surface area is 157 Å². The number of hydrogen-bond acceptors (Lipinski definition) is 3. The number of nitrogens with zero attached hydrogens (tertiary/aromatic N) is 2. The lowest BCUT2D eigenvalue weighted by Crippen LogP contribution is -2.36. The molecule has 27 heavy (non-hydrogen) atoms. The summed E-state index contributed by atoms with van der Waals surface area (Å²) < 4.78 is 0. The maximum atomic E-state index is 13.0. The SMILES string of the molecule is Cc1cccc(-c2ccc(C(=O)N(Cc3cccnc3)C3CC3)c(=O)[nH]2)c1. The van der Waals surface area contributed by atoms with E-state index in [0.717, 1.165) is 29.5 Å². The van der Waals surface area contributed by atoms with E-state index in [-0.39, 0.29) is 23.1 Å². The monoisotopic (exact) mass is 359 g/mol. The molecule has 0 aliphatic heterocycles. The first-order valence-corrected chi connectivity index (χ1v) is 9.12. The molecule has 136 valence electrons. The van der Waals surface area contributed by atoms with E-state index in [1.54, 1.807) is 29.4 Å². The summed E-state index contributed by atoms with van der Waals surface area (Å²) in [6.45, 7) is 2.47. The van der Waals surface area contributed by atoms with Crippen molar-refractivity contribution in [2.75, 3.05) is 0 Å². The number of carbonyl (C=O) groups excluding carboxylic acids is 1. The lowest BCUT2D eigenvalue weighted by Gasteiger charge is -2.22. The Morgan fingerprint density at radius 1 is 1.19 bits per heavy atom. The third-order valence-corrected chi connectivity index (χ3v) is 4.79. The van der Waals surface area contributed by atoms with Crippen LogP contribution in [0.4, 0.5) is 0 Å². The summed E-state index contributed by atoms with van der Waals surface area (Å²) in [5, 5.41) is 0. The first-order chi connectivity index (χ1) is 13.1. The first-order valence-electron chi connectivity index (χ1n) is 9.12. The predicted octanol–water partition coefficient (Wildman–Crippen LogP) is 3.55. The van der Waals surface area contributed by atoms with Crippen molar-refractivity contribution in [2.45, 2.75) is 32.4 Å². The van der Waals surface area contributed by atoms with Gasteiger partial charge in [0.25, 0.3) is 11.5 Å². The van der Waals surface area contributed by atoms with Gasteiger partial charge in [-0.25, -0.2) is 0 Å². The molecular weight excluding hydrogens is 338 g/mol. The number of H-pyrrole nitrogens is 1. The Balaban J connectivity index is 1.61. The van der Waals surface area contributed by atoms with E-state index in [9.17, 15) is 9.59 Å². The molecular formula is C22H21N3O2. The van der Waals surface area contributed by atoms with Crippen molar-refractivity contribution in [3.8, 4) is 11.3 Å². The second-order valence-corrected chi connectivity index (χ2v) is 7.01. The molecule has 2 heterocycles. The molecule has 1 saturated carbocycles. The van der Waals surface area contributed by atoms with E-state index in [0.29, 0.717) is 12.2 Å². The zero-order chi connectivity index (χ0) is 18.8. The Morgan fingerprint density at radius 2 is 2.04 bits per heavy atom. The van der Waals surface area contributed by atoms with Crippen LogP contribution < -0.4 is 5.56 Å². The van der Waals surface area contributed by atoms with Crippen LogP contribution in [0.1, 0.15) is 34.3 Å². The molecule has 0 spiro atoms. The predicted molar refractivity (Wildman–Crippen MR) is 104 cm³/mol. The quantitative estimate of drug-likeness (QED) is 0.758. The number of nitrogens with one attached hydrogen (secondary N) is 1. The minimum atomic E-state index is -0.351. The molecule has 0 atom stereocenters. The topological polar surface area (TPSA) is 66.1 Å². The average molecular weight is 359 g/mol. The van der Waals surface area contributed by atoms with Gasteiger partial charge in [0.05, 0.1) is 0 Å². The van der Waals surface area contributed by atoms with Crippen LogP contribution in [0.2, 0.25) is 0 Å². The molecule has 1 aliphatic rings. The molecule has 1 amide bonds. The molecule has 0 bridgehead atoms. The van der Waals surface area contributed by atoms with Crippen molar-refractivity contribution in [2.24, 2.45) is 0 Å². The number of rotatable bonds is 5. The number of aryl methyl sites for hydroxylation is 1. The van der Waals surface area contributed by atoms with Crippen LogP contribution in [0.15, 0.2) is 65.7 Å². The van der Waals surface area contributed by atoms with E-state index in [1.807, 2.05) is 43.3 Å². The molecule has 0 unspecified atom stereocenters. The Hall–Kier alpha value is -3.21. The van der Waals surface area contributed by atoms with Crippen molar-refractivity contribution in [1.29, 1.82) is 0 Å². The standard InChI is InChI=1S/C22H21N3O2/c1-15-4-2-6-17(12-15)20-10-9-19(21(26)24-20)22(27)25(18-7-8-18)14-16-5-3-11-23-13-16/h2-6,9-13,18H,7-8,14H2,1H3,(H,24,26). The zero-order valence-electron chi connectivity index (χ0n) is 15.2. The highest BCUT2D eigenvalue weighted by Gasteiger charge is 2.34. The van der Waals surface area contributed by atoms with Gasteiger partial charge in [-0.15, -0.1) is 0 Å². The highest BCUT2D eigenvalue weighted by Crippen LogP contribution is 2.29. The number of benzene rings is 1. The van der Waals surface area contributed by atoms with Crippen molar-refractivity contribution >= 4 is 5.91 Å². The number of carbonyl (C=O) groups is 1. The van der Waals surface area contributed by atoms with Gasteiger partial charge in [-0.05, 0) is 55.2 Å². The molecule has 0 saturated heterocycles. The number of aromatic nitrogens is 2. The summed E-state index contributed by atoms with van der Waals surface area (Å²) in [5.74, 6) is -0.224. The highest BCUT2D eigenvalue weighted by atomic mass is 16.2. The molecule has 5 heteroatoms. The van der Waals surface area contributed by atoms with Gasteiger partial charge in [-0.1, -0.05) is 29.8 Å². The van der Waals surface area contributed by atoms with Crippen LogP contribution >= 0.6 is 0 Å². The minimum absolute atomic E-state index is 0.183. The van der Waals surface area contributed by atoms with Crippen LogP contribution in [-0.2, 0) is 6.54 Å². The Kier molecular flexibility index (Phi) is 4.59. The smallest absolute Gasteiger partial charge is 0.261 e. The fourth-order valence-corrected chi connectivity index (χ4v) is 3.22. The van der Waals surface area contributed by atoms with Gasteiger partial charge < -0.3 is 9.88 Å². The van der Waals surface area contributed by atoms with Crippen LogP contribution in [0, 0.1) is 6.92 Å². The maximum absolute atomic E-state index is 13.0. The first kappa shape index (κ1) is 17.2. The van der Waals surface area contributed by atoms with E-state index in [2.05, 4.69) is 9.97 Å². The van der Waals surface area contributed by atoms with Gasteiger partial charge in [-0.2, -0.15) is 0 Å². The van der Waals surface area contributed by atoms with Gasteiger partial charge in [0.1, 0.15) is 5.56 Å². The lowest BCUT2D eigenvalue weighted by molar-refractivity contribution is 0.0728. The highest BCUT2D eigenvalue weighted by molar-refractivity contribution is 5.94. The fourth-order valence-electron chi connectivity index (χ4n) is 3.22. The normalized spacial score (nSPS) is 13.4. The number of pyridine rings is 2. The van der Waals surface area contributed by atoms with Crippen molar-refractivity contribution in [3.05, 3.63) is 88.0 Å². The molecule has 1 N–H and O–H groups in total. The van der Waals surface area contributed by atoms with Crippen molar-refractivity contribution in [1.82, 2.24) is 14.9 Å². The molecule has 3 aromatic rings. The van der Waals surface area contributed by atoms with Crippen LogP contribution in [0.25, 0.3) is 11.3 Å².